The quantitative estimate of drug-likeness (QED) is 0.0303. The molecule has 0 aromatic rings. The van der Waals surface area contributed by atoms with E-state index in [9.17, 15) is 66.2 Å². The first-order valence-electron chi connectivity index (χ1n) is 17.7. The summed E-state index contributed by atoms with van der Waals surface area (Å²) in [6.45, 7) is 0.442. The Labute approximate surface area is 323 Å². The van der Waals surface area contributed by atoms with E-state index in [-0.39, 0.29) is 12.6 Å². The second kappa shape index (κ2) is 22.0. The molecule has 3 fully saturated rings. The van der Waals surface area contributed by atoms with Gasteiger partial charge in [-0.3, -0.25) is 18.7 Å². The Kier molecular flexibility index (Phi) is 19.1. The van der Waals surface area contributed by atoms with Gasteiger partial charge in [-0.15, -0.1) is 0 Å². The molecule has 3 rings (SSSR count). The van der Waals surface area contributed by atoms with Crippen LogP contribution >= 0.6 is 0 Å². The molecule has 9 N–H and O–H groups in total. The number of esters is 1. The fourth-order valence-electron chi connectivity index (χ4n) is 6.41. The predicted molar refractivity (Wildman–Crippen MR) is 180 cm³/mol. The van der Waals surface area contributed by atoms with E-state index in [0.29, 0.717) is 25.7 Å². The van der Waals surface area contributed by atoms with E-state index < -0.39 is 132 Å². The zero-order chi connectivity index (χ0) is 42.0. The molecule has 56 heavy (non-hydrogen) atoms. The van der Waals surface area contributed by atoms with Crippen LogP contribution in [0, 0.1) is 0 Å². The zero-order valence-corrected chi connectivity index (χ0v) is 32.4. The van der Waals surface area contributed by atoms with Crippen LogP contribution in [0.1, 0.15) is 58.8 Å². The van der Waals surface area contributed by atoms with Crippen LogP contribution in [0.3, 0.4) is 0 Å². The van der Waals surface area contributed by atoms with Gasteiger partial charge in [-0.1, -0.05) is 25.7 Å². The van der Waals surface area contributed by atoms with E-state index in [1.807, 2.05) is 0 Å². The Bertz CT molecular complexity index is 1450. The Balaban J connectivity index is 1.91. The van der Waals surface area contributed by atoms with Crippen LogP contribution in [0.5, 0.6) is 0 Å². The highest BCUT2D eigenvalue weighted by Gasteiger charge is 2.56. The fraction of sp³-hybridized carbons (Fsp3) is 0.933. The number of aliphatic hydroxyl groups excluding tert-OH is 6. The molecular formula is C30H53NO23S2. The third-order valence-electron chi connectivity index (χ3n) is 9.13. The lowest BCUT2D eigenvalue weighted by Crippen LogP contribution is -2.70. The van der Waals surface area contributed by atoms with Crippen LogP contribution in [-0.2, 0) is 71.9 Å². The normalized spacial score (nSPS) is 36.9. The third kappa shape index (κ3) is 14.2. The molecule has 0 unspecified atom stereocenters. The third-order valence-corrected chi connectivity index (χ3v) is 10.1. The van der Waals surface area contributed by atoms with Crippen molar-refractivity contribution in [2.45, 2.75) is 151 Å². The molecule has 3 heterocycles. The monoisotopic (exact) mass is 859 g/mol. The van der Waals surface area contributed by atoms with Crippen molar-refractivity contribution in [1.29, 1.82) is 0 Å². The van der Waals surface area contributed by atoms with Gasteiger partial charge in [-0.2, -0.15) is 16.8 Å². The number of carbonyl (C=O) groups excluding carboxylic acids is 2. The van der Waals surface area contributed by atoms with E-state index in [2.05, 4.69) is 18.4 Å². The molecule has 1 amide bonds. The SMILES string of the molecule is COC(=O)CCCCCCCCO[C@@H]1O[C@H](CO)[C@@H](O[C@@H]2O[C@H](CO)[C@H](O)[C@H](OS(=O)(=O)O)[C@H]2O)[C@H](O[C@@H]2O[C@@H](C)[C@@H](OS(=O)(=O)O)[C@@H](O)[C@@H]2O)[C@H]1NC(C)=O. The molecule has 328 valence electrons. The first-order valence-corrected chi connectivity index (χ1v) is 20.4. The summed E-state index contributed by atoms with van der Waals surface area (Å²) in [5.74, 6) is -1.000. The highest BCUT2D eigenvalue weighted by atomic mass is 32.3. The van der Waals surface area contributed by atoms with Crippen molar-refractivity contribution in [3.8, 4) is 0 Å². The van der Waals surface area contributed by atoms with Gasteiger partial charge in [0.25, 0.3) is 0 Å². The Morgan fingerprint density at radius 1 is 0.661 bits per heavy atom. The molecule has 0 bridgehead atoms. The van der Waals surface area contributed by atoms with Gasteiger partial charge in [0.2, 0.25) is 5.91 Å². The fourth-order valence-corrected chi connectivity index (χ4v) is 7.47. The summed E-state index contributed by atoms with van der Waals surface area (Å²) in [6.07, 6.45) is -21.5. The smallest absolute Gasteiger partial charge is 0.397 e. The van der Waals surface area contributed by atoms with E-state index in [1.165, 1.54) is 14.0 Å². The standard InChI is InChI=1S/C30H53NO23S2/c1-14-24(53-55(40,41)42)21(37)22(38)29(48-14)52-26-19(31-15(2)34)28(47-11-9-7-5-4-6-8-10-18(35)46-3)50-17(13-33)25(26)51-30-23(39)27(54-56(43,44)45)20(36)16(12-32)49-30/h14,16-17,19-30,32-33,36-39H,4-13H2,1-3H3,(H,31,34)(H,40,41,42)(H,43,44,45)/t14-,16+,17+,19+,20-,21-,22-,23+,24+,25+,26+,27-,28+,29-,30-/m0/s1. The van der Waals surface area contributed by atoms with E-state index >= 15 is 0 Å². The van der Waals surface area contributed by atoms with Crippen molar-refractivity contribution in [3.05, 3.63) is 0 Å². The number of hydrogen-bond donors (Lipinski definition) is 9. The Morgan fingerprint density at radius 2 is 1.20 bits per heavy atom. The summed E-state index contributed by atoms with van der Waals surface area (Å²) in [5, 5.41) is 66.1. The molecular weight excluding hydrogens is 806 g/mol. The van der Waals surface area contributed by atoms with Crippen molar-refractivity contribution in [2.24, 2.45) is 0 Å². The van der Waals surface area contributed by atoms with Crippen LogP contribution in [0.2, 0.25) is 0 Å². The van der Waals surface area contributed by atoms with Gasteiger partial charge < -0.3 is 69.1 Å². The maximum absolute atomic E-state index is 12.6. The molecule has 0 spiro atoms. The largest absolute Gasteiger partial charge is 0.469 e. The molecule has 3 aliphatic rings. The Hall–Kier alpha value is -1.80. The van der Waals surface area contributed by atoms with Gasteiger partial charge >= 0.3 is 26.8 Å². The highest BCUT2D eigenvalue weighted by Crippen LogP contribution is 2.35. The molecule has 24 nitrogen and oxygen atoms in total. The number of aliphatic hydroxyl groups is 6. The zero-order valence-electron chi connectivity index (χ0n) is 30.7. The molecule has 0 radical (unpaired) electrons. The van der Waals surface area contributed by atoms with E-state index in [0.717, 1.165) is 26.2 Å². The summed E-state index contributed by atoms with van der Waals surface area (Å²) in [7, 11) is -9.16. The number of unbranched alkanes of at least 4 members (excludes halogenated alkanes) is 5. The lowest BCUT2D eigenvalue weighted by atomic mass is 9.94. The van der Waals surface area contributed by atoms with E-state index in [4.69, 9.17) is 28.4 Å². The summed E-state index contributed by atoms with van der Waals surface area (Å²) >= 11 is 0. The predicted octanol–water partition coefficient (Wildman–Crippen LogP) is -3.82. The number of ether oxygens (including phenoxy) is 7. The van der Waals surface area contributed by atoms with Gasteiger partial charge in [0.05, 0.1) is 26.4 Å². The number of rotatable bonds is 21. The van der Waals surface area contributed by atoms with Crippen LogP contribution in [0.4, 0.5) is 0 Å². The number of methoxy groups -OCH3 is 1. The molecule has 3 saturated heterocycles. The second-order valence-corrected chi connectivity index (χ2v) is 15.4. The van der Waals surface area contributed by atoms with Crippen LogP contribution in [0.25, 0.3) is 0 Å². The van der Waals surface area contributed by atoms with Gasteiger partial charge in [-0.05, 0) is 19.8 Å². The molecule has 15 atom stereocenters. The Morgan fingerprint density at radius 3 is 1.77 bits per heavy atom. The molecule has 0 aromatic heterocycles. The summed E-state index contributed by atoms with van der Waals surface area (Å²) in [6, 6.07) is -1.45. The van der Waals surface area contributed by atoms with Crippen molar-refractivity contribution in [1.82, 2.24) is 5.32 Å². The molecule has 3 aliphatic heterocycles. The maximum atomic E-state index is 12.6. The van der Waals surface area contributed by atoms with Gasteiger partial charge in [0.1, 0.15) is 67.1 Å². The summed E-state index contributed by atoms with van der Waals surface area (Å²) < 4.78 is 113. The highest BCUT2D eigenvalue weighted by molar-refractivity contribution is 7.81. The van der Waals surface area contributed by atoms with Gasteiger partial charge in [0, 0.05) is 20.0 Å². The minimum Gasteiger partial charge on any atom is -0.469 e. The first-order chi connectivity index (χ1) is 26.2. The minimum atomic E-state index is -5.32. The van der Waals surface area contributed by atoms with Crippen LogP contribution in [0.15, 0.2) is 0 Å². The lowest BCUT2D eigenvalue weighted by molar-refractivity contribution is -0.371. The maximum Gasteiger partial charge on any atom is 0.397 e. The van der Waals surface area contributed by atoms with Gasteiger partial charge in [-0.25, -0.2) is 8.37 Å². The first kappa shape index (κ1) is 48.6. The molecule has 0 aromatic carbocycles. The average molecular weight is 860 g/mol. The van der Waals surface area contributed by atoms with Gasteiger partial charge in [0.15, 0.2) is 18.9 Å². The van der Waals surface area contributed by atoms with Crippen molar-refractivity contribution < 1.29 is 108 Å². The average Bonchev–Trinajstić information content (AvgIpc) is 3.11. The molecule has 0 saturated carbocycles. The lowest BCUT2D eigenvalue weighted by Gasteiger charge is -2.50. The number of amides is 1. The van der Waals surface area contributed by atoms with Crippen LogP contribution in [-0.4, -0.2) is 187 Å². The molecule has 26 heteroatoms. The van der Waals surface area contributed by atoms with Crippen LogP contribution < -0.4 is 5.32 Å². The number of hydrogen-bond acceptors (Lipinski definition) is 21. The summed E-state index contributed by atoms with van der Waals surface area (Å²) in [4.78, 5) is 23.9. The van der Waals surface area contributed by atoms with Crippen molar-refractivity contribution in [2.75, 3.05) is 26.9 Å². The van der Waals surface area contributed by atoms with Crippen molar-refractivity contribution in [3.63, 3.8) is 0 Å². The minimum absolute atomic E-state index is 0.0292. The topological polar surface area (TPSA) is 359 Å². The molecule has 0 aliphatic carbocycles. The van der Waals surface area contributed by atoms with E-state index in [1.54, 1.807) is 0 Å². The van der Waals surface area contributed by atoms with Crippen molar-refractivity contribution >= 4 is 32.7 Å². The summed E-state index contributed by atoms with van der Waals surface area (Å²) in [5.41, 5.74) is 0. The number of nitrogens with one attached hydrogen (secondary N) is 1. The second-order valence-electron chi connectivity index (χ2n) is 13.3. The number of carbonyl (C=O) groups is 2.